The molecular weight excluding hydrogens is 506 g/mol. The highest BCUT2D eigenvalue weighted by Crippen LogP contribution is 2.54. The van der Waals surface area contributed by atoms with E-state index < -0.39 is 5.82 Å². The molecule has 0 fully saturated rings. The van der Waals surface area contributed by atoms with Gasteiger partial charge in [0.1, 0.15) is 17.7 Å². The van der Waals surface area contributed by atoms with Crippen molar-refractivity contribution < 1.29 is 8.78 Å². The van der Waals surface area contributed by atoms with Crippen LogP contribution in [0.4, 0.5) is 8.78 Å². The van der Waals surface area contributed by atoms with Gasteiger partial charge in [-0.15, -0.1) is 0 Å². The first kappa shape index (κ1) is 25.3. The number of hydrogen-bond acceptors (Lipinski definition) is 3. The lowest BCUT2D eigenvalue weighted by Crippen LogP contribution is -1.98. The van der Waals surface area contributed by atoms with Crippen LogP contribution in [0.25, 0.3) is 42.5 Å². The van der Waals surface area contributed by atoms with E-state index >= 15 is 0 Å². The Balaban J connectivity index is 1.91. The van der Waals surface area contributed by atoms with E-state index in [0.717, 1.165) is 0 Å². The molecule has 0 heterocycles. The van der Waals surface area contributed by atoms with Crippen molar-refractivity contribution in [3.05, 3.63) is 145 Å². The van der Waals surface area contributed by atoms with E-state index in [1.165, 1.54) is 36.4 Å². The molecule has 0 saturated carbocycles. The van der Waals surface area contributed by atoms with Gasteiger partial charge >= 0.3 is 0 Å². The average Bonchev–Trinajstić information content (AvgIpc) is 3.46. The molecule has 0 radical (unpaired) electrons. The van der Waals surface area contributed by atoms with Gasteiger partial charge in [0.05, 0.1) is 37.4 Å². The molecule has 40 heavy (non-hydrogen) atoms. The molecule has 0 unspecified atom stereocenters. The first-order valence-corrected chi connectivity index (χ1v) is 11.7. The summed E-state index contributed by atoms with van der Waals surface area (Å²) in [5.74, 6) is -0.827. The van der Waals surface area contributed by atoms with Gasteiger partial charge in [-0.3, -0.25) is 0 Å². The largest absolute Gasteiger partial charge is 0.270 e. The molecule has 184 valence electrons. The van der Waals surface area contributed by atoms with Gasteiger partial charge in [0.25, 0.3) is 11.4 Å². The van der Waals surface area contributed by atoms with Crippen LogP contribution in [0, 0.1) is 59.5 Å². The smallest absolute Gasteiger partial charge is 0.237 e. The molecule has 2 aromatic carbocycles. The number of rotatable bonds is 2. The maximum atomic E-state index is 13.8. The Bertz CT molecular complexity index is 1970. The maximum absolute atomic E-state index is 13.8. The molecule has 0 atom stereocenters. The molecule has 5 rings (SSSR count). The second kappa shape index (κ2) is 9.86. The topological polar surface area (TPSA) is 84.5 Å². The number of nitriles is 3. The minimum Gasteiger partial charge on any atom is -0.237 e. The predicted molar refractivity (Wildman–Crippen MR) is 144 cm³/mol. The number of allylic oxidation sites excluding steroid dienone is 11. The third-order valence-corrected chi connectivity index (χ3v) is 6.89. The van der Waals surface area contributed by atoms with Crippen LogP contribution in [0.2, 0.25) is 0 Å². The normalized spacial score (nSPS) is 17.6. The van der Waals surface area contributed by atoms with Crippen LogP contribution < -0.4 is 0 Å². The van der Waals surface area contributed by atoms with E-state index in [9.17, 15) is 24.6 Å². The summed E-state index contributed by atoms with van der Waals surface area (Å²) >= 11 is 0. The predicted octanol–water partition coefficient (Wildman–Crippen LogP) is 7.80. The van der Waals surface area contributed by atoms with Gasteiger partial charge in [-0.05, 0) is 80.8 Å². The van der Waals surface area contributed by atoms with Gasteiger partial charge in [0, 0.05) is 12.0 Å². The molecular formula is C32H12F2N6. The van der Waals surface area contributed by atoms with E-state index in [1.54, 1.807) is 12.1 Å². The summed E-state index contributed by atoms with van der Waals surface area (Å²) in [6.45, 7) is 23.2. The number of nitrogens with zero attached hydrogens (tertiary/aromatic N) is 6. The van der Waals surface area contributed by atoms with Crippen molar-refractivity contribution >= 4 is 28.0 Å². The van der Waals surface area contributed by atoms with Crippen LogP contribution in [0.15, 0.2) is 76.9 Å². The zero-order chi connectivity index (χ0) is 28.6. The number of fused-ring (bicyclic) bond motifs is 2. The van der Waals surface area contributed by atoms with Crippen LogP contribution in [-0.4, -0.2) is 0 Å². The Hall–Kier alpha value is -6.32. The van der Waals surface area contributed by atoms with Gasteiger partial charge < -0.3 is 0 Å². The van der Waals surface area contributed by atoms with Crippen LogP contribution in [-0.2, 0) is 0 Å². The van der Waals surface area contributed by atoms with Crippen molar-refractivity contribution in [3.8, 4) is 18.2 Å². The lowest BCUT2D eigenvalue weighted by atomic mass is 9.88. The number of halogens is 2. The van der Waals surface area contributed by atoms with Crippen molar-refractivity contribution in [1.82, 2.24) is 0 Å². The van der Waals surface area contributed by atoms with Gasteiger partial charge in [-0.25, -0.2) is 33.8 Å². The van der Waals surface area contributed by atoms with Crippen molar-refractivity contribution in [2.75, 3.05) is 0 Å². The molecule has 0 amide bonds. The van der Waals surface area contributed by atoms with Crippen LogP contribution in [0.5, 0.6) is 0 Å². The summed E-state index contributed by atoms with van der Waals surface area (Å²) in [4.78, 5) is 10.5. The van der Waals surface area contributed by atoms with Crippen LogP contribution in [0.1, 0.15) is 40.7 Å². The Morgan fingerprint density at radius 3 is 1.88 bits per heavy atom. The van der Waals surface area contributed by atoms with Crippen molar-refractivity contribution in [2.45, 2.75) is 12.8 Å². The van der Waals surface area contributed by atoms with Crippen molar-refractivity contribution in [3.63, 3.8) is 0 Å². The summed E-state index contributed by atoms with van der Waals surface area (Å²) < 4.78 is 27.5. The molecule has 0 aliphatic heterocycles. The fourth-order valence-electron chi connectivity index (χ4n) is 5.23. The highest BCUT2D eigenvalue weighted by molar-refractivity contribution is 6.25. The Kier molecular flexibility index (Phi) is 6.24. The first-order valence-electron chi connectivity index (χ1n) is 11.7. The molecule has 8 heteroatoms. The molecule has 3 aliphatic carbocycles. The molecule has 0 aromatic heterocycles. The highest BCUT2D eigenvalue weighted by atomic mass is 19.1. The second-order valence-electron chi connectivity index (χ2n) is 8.85. The van der Waals surface area contributed by atoms with Gasteiger partial charge in [0.15, 0.2) is 0 Å². The lowest BCUT2D eigenvalue weighted by molar-refractivity contribution is 0.583. The summed E-state index contributed by atoms with van der Waals surface area (Å²) in [6, 6.07) is 14.5. The van der Waals surface area contributed by atoms with E-state index in [0.29, 0.717) is 39.0 Å². The van der Waals surface area contributed by atoms with Gasteiger partial charge in [-0.2, -0.15) is 5.26 Å². The molecule has 0 saturated heterocycles. The SMILES string of the molecule is [C-]#[N+]C1=C(c2ccc(F)cc2)/C(=C(/C#N)[N+]#[C-])c2cc3c(cc21)C(C#N)=C(C1=CC=C(F)CC1)/C3=C(\C#N)[N+]#[C-]. The second-order valence-corrected chi connectivity index (χ2v) is 8.85. The van der Waals surface area contributed by atoms with E-state index in [4.69, 9.17) is 19.7 Å². The molecule has 0 bridgehead atoms. The summed E-state index contributed by atoms with van der Waals surface area (Å²) in [5.41, 5.74) is 3.15. The fraction of sp³-hybridized carbons (Fsp3) is 0.0625. The van der Waals surface area contributed by atoms with Crippen LogP contribution in [0.3, 0.4) is 0 Å². The quantitative estimate of drug-likeness (QED) is 0.300. The first-order chi connectivity index (χ1) is 19.4. The molecule has 2 aromatic rings. The monoisotopic (exact) mass is 518 g/mol. The van der Waals surface area contributed by atoms with E-state index in [-0.39, 0.29) is 58.1 Å². The zero-order valence-electron chi connectivity index (χ0n) is 20.5. The van der Waals surface area contributed by atoms with Crippen molar-refractivity contribution in [1.29, 1.82) is 15.8 Å². The minimum atomic E-state index is -0.500. The Morgan fingerprint density at radius 1 is 0.750 bits per heavy atom. The maximum Gasteiger partial charge on any atom is 0.270 e. The van der Waals surface area contributed by atoms with E-state index in [1.807, 2.05) is 12.1 Å². The fourth-order valence-corrected chi connectivity index (χ4v) is 5.23. The third kappa shape index (κ3) is 3.71. The van der Waals surface area contributed by atoms with Crippen LogP contribution >= 0.6 is 0 Å². The molecule has 3 aliphatic rings. The summed E-state index contributed by atoms with van der Waals surface area (Å²) in [7, 11) is 0. The Labute approximate surface area is 228 Å². The molecule has 6 nitrogen and oxygen atoms in total. The van der Waals surface area contributed by atoms with Gasteiger partial charge in [0.2, 0.25) is 5.70 Å². The number of hydrogen-bond donors (Lipinski definition) is 0. The van der Waals surface area contributed by atoms with Gasteiger partial charge in [-0.1, -0.05) is 24.3 Å². The summed E-state index contributed by atoms with van der Waals surface area (Å²) in [6.07, 6.45) is 3.17. The van der Waals surface area contributed by atoms with Crippen molar-refractivity contribution in [2.24, 2.45) is 0 Å². The Morgan fingerprint density at radius 2 is 1.35 bits per heavy atom. The number of benzene rings is 2. The van der Waals surface area contributed by atoms with E-state index in [2.05, 4.69) is 20.6 Å². The average molecular weight is 518 g/mol. The third-order valence-electron chi connectivity index (χ3n) is 6.89. The molecule has 0 N–H and O–H groups in total. The minimum absolute atomic E-state index is 0.100. The standard InChI is InChI=1S/C32H12F2N6/c1-38-26(15-36)30-22-13-23-24(12-21(22)25(14-35)28(30)17-4-8-19(33)9-5-17)32(40-3)29(31(23)27(16-37)39-2)18-6-10-20(34)11-7-18/h4,6-8,10-13H,5,9H2/b30-26+,31-27-. The molecule has 0 spiro atoms. The summed E-state index contributed by atoms with van der Waals surface area (Å²) in [5, 5.41) is 29.9. The zero-order valence-corrected chi connectivity index (χ0v) is 20.5. The lowest BCUT2D eigenvalue weighted by Gasteiger charge is -2.15. The highest BCUT2D eigenvalue weighted by Gasteiger charge is 2.37.